The number of hydrogen-bond donors (Lipinski definition) is 1. The Morgan fingerprint density at radius 3 is 2.79 bits per heavy atom. The molecule has 4 rings (SSSR count). The lowest BCUT2D eigenvalue weighted by molar-refractivity contribution is 0.355. The Labute approximate surface area is 143 Å². The first kappa shape index (κ1) is 14.8. The Hall–Kier alpha value is -2.80. The standard InChI is InChI=1S/C17H16N4O2S/c1-22-14-6-5-11(8-15(14)23-2)12-9-13(16-4-3-7-24-16)21-17(20-12)18-10-19-21/h3-10,13H,1-2H3,(H,18,19,20)/t13-/m1/s1. The summed E-state index contributed by atoms with van der Waals surface area (Å²) in [6, 6.07) is 10.0. The average Bonchev–Trinajstić information content (AvgIpc) is 3.31. The summed E-state index contributed by atoms with van der Waals surface area (Å²) in [6.45, 7) is 0. The van der Waals surface area contributed by atoms with Crippen LogP contribution in [0, 0.1) is 0 Å². The van der Waals surface area contributed by atoms with Crippen LogP contribution in [-0.4, -0.2) is 29.0 Å². The van der Waals surface area contributed by atoms with Gasteiger partial charge in [0.05, 0.1) is 14.2 Å². The van der Waals surface area contributed by atoms with Crippen molar-refractivity contribution in [3.8, 4) is 11.5 Å². The topological polar surface area (TPSA) is 61.2 Å². The fourth-order valence-electron chi connectivity index (χ4n) is 2.77. The van der Waals surface area contributed by atoms with Crippen LogP contribution in [0.4, 0.5) is 5.95 Å². The highest BCUT2D eigenvalue weighted by molar-refractivity contribution is 7.10. The number of ether oxygens (including phenoxy) is 2. The van der Waals surface area contributed by atoms with Crippen LogP contribution in [0.1, 0.15) is 16.5 Å². The van der Waals surface area contributed by atoms with Crippen molar-refractivity contribution in [1.29, 1.82) is 0 Å². The van der Waals surface area contributed by atoms with Crippen molar-refractivity contribution >= 4 is 23.0 Å². The summed E-state index contributed by atoms with van der Waals surface area (Å²) in [5.74, 6) is 2.12. The van der Waals surface area contributed by atoms with Crippen LogP contribution in [0.5, 0.6) is 11.5 Å². The van der Waals surface area contributed by atoms with Crippen LogP contribution in [-0.2, 0) is 0 Å². The first-order valence-electron chi connectivity index (χ1n) is 7.44. The molecular formula is C17H16N4O2S. The zero-order valence-electron chi connectivity index (χ0n) is 13.3. The molecule has 1 aromatic carbocycles. The monoisotopic (exact) mass is 340 g/mol. The molecule has 24 heavy (non-hydrogen) atoms. The highest BCUT2D eigenvalue weighted by Gasteiger charge is 2.24. The van der Waals surface area contributed by atoms with Gasteiger partial charge in [0, 0.05) is 16.1 Å². The number of rotatable bonds is 4. The average molecular weight is 340 g/mol. The summed E-state index contributed by atoms with van der Waals surface area (Å²) >= 11 is 1.70. The Kier molecular flexibility index (Phi) is 3.70. The first-order valence-corrected chi connectivity index (χ1v) is 8.32. The molecule has 0 radical (unpaired) electrons. The highest BCUT2D eigenvalue weighted by atomic mass is 32.1. The maximum absolute atomic E-state index is 5.41. The number of anilines is 1. The lowest BCUT2D eigenvalue weighted by Crippen LogP contribution is -2.19. The zero-order chi connectivity index (χ0) is 16.5. The zero-order valence-corrected chi connectivity index (χ0v) is 14.1. The second-order valence-electron chi connectivity index (χ2n) is 5.26. The van der Waals surface area contributed by atoms with E-state index in [-0.39, 0.29) is 6.04 Å². The SMILES string of the molecule is COc1ccc(C2=C[C@H](c3cccs3)n3ncnc3N2)cc1OC. The van der Waals surface area contributed by atoms with Crippen molar-refractivity contribution in [2.75, 3.05) is 19.5 Å². The van der Waals surface area contributed by atoms with Crippen molar-refractivity contribution in [2.45, 2.75) is 6.04 Å². The molecule has 3 aromatic rings. The quantitative estimate of drug-likeness (QED) is 0.788. The third-order valence-corrected chi connectivity index (χ3v) is 4.88. The largest absolute Gasteiger partial charge is 0.493 e. The number of hydrogen-bond acceptors (Lipinski definition) is 6. The molecule has 0 aliphatic carbocycles. The number of allylic oxidation sites excluding steroid dienone is 1. The van der Waals surface area contributed by atoms with Crippen molar-refractivity contribution in [3.05, 3.63) is 58.6 Å². The van der Waals surface area contributed by atoms with Crippen LogP contribution >= 0.6 is 11.3 Å². The molecule has 0 amide bonds. The Morgan fingerprint density at radius 1 is 1.17 bits per heavy atom. The molecule has 0 saturated carbocycles. The van der Waals surface area contributed by atoms with Crippen molar-refractivity contribution in [2.24, 2.45) is 0 Å². The number of benzene rings is 1. The van der Waals surface area contributed by atoms with Gasteiger partial charge in [0.15, 0.2) is 11.5 Å². The number of nitrogens with zero attached hydrogens (tertiary/aromatic N) is 3. The number of thiophene rings is 1. The maximum atomic E-state index is 5.41. The molecule has 122 valence electrons. The third kappa shape index (κ3) is 2.43. The van der Waals surface area contributed by atoms with E-state index in [0.29, 0.717) is 11.5 Å². The summed E-state index contributed by atoms with van der Waals surface area (Å²) in [7, 11) is 3.26. The van der Waals surface area contributed by atoms with Gasteiger partial charge in [-0.2, -0.15) is 10.1 Å². The fourth-order valence-corrected chi connectivity index (χ4v) is 3.55. The van der Waals surface area contributed by atoms with Crippen molar-refractivity contribution in [3.63, 3.8) is 0 Å². The lowest BCUT2D eigenvalue weighted by Gasteiger charge is -2.23. The van der Waals surface area contributed by atoms with E-state index in [2.05, 4.69) is 32.9 Å². The number of methoxy groups -OCH3 is 2. The fraction of sp³-hybridized carbons (Fsp3) is 0.176. The van der Waals surface area contributed by atoms with Gasteiger partial charge in [-0.25, -0.2) is 4.68 Å². The van der Waals surface area contributed by atoms with E-state index in [1.54, 1.807) is 31.9 Å². The molecule has 0 bridgehead atoms. The lowest BCUT2D eigenvalue weighted by atomic mass is 10.1. The van der Waals surface area contributed by atoms with Gasteiger partial charge in [-0.3, -0.25) is 0 Å². The molecule has 0 spiro atoms. The summed E-state index contributed by atoms with van der Waals surface area (Å²) in [4.78, 5) is 5.53. The summed E-state index contributed by atoms with van der Waals surface area (Å²) in [6.07, 6.45) is 3.71. The molecular weight excluding hydrogens is 324 g/mol. The summed E-state index contributed by atoms with van der Waals surface area (Å²) in [5.41, 5.74) is 1.97. The highest BCUT2D eigenvalue weighted by Crippen LogP contribution is 2.36. The molecule has 3 heterocycles. The van der Waals surface area contributed by atoms with Gasteiger partial charge < -0.3 is 14.8 Å². The summed E-state index contributed by atoms with van der Waals surface area (Å²) in [5, 5.41) is 9.74. The van der Waals surface area contributed by atoms with E-state index in [0.717, 1.165) is 17.2 Å². The smallest absolute Gasteiger partial charge is 0.226 e. The third-order valence-electron chi connectivity index (χ3n) is 3.94. The first-order chi connectivity index (χ1) is 11.8. The van der Waals surface area contributed by atoms with Gasteiger partial charge in [0.1, 0.15) is 12.4 Å². The number of nitrogens with one attached hydrogen (secondary N) is 1. The molecule has 1 atom stereocenters. The molecule has 2 aromatic heterocycles. The van der Waals surface area contributed by atoms with Gasteiger partial charge in [-0.15, -0.1) is 11.3 Å². The van der Waals surface area contributed by atoms with Gasteiger partial charge >= 0.3 is 0 Å². The molecule has 1 aliphatic heterocycles. The van der Waals surface area contributed by atoms with Crippen LogP contribution in [0.2, 0.25) is 0 Å². The second-order valence-corrected chi connectivity index (χ2v) is 6.24. The molecule has 6 nitrogen and oxygen atoms in total. The maximum Gasteiger partial charge on any atom is 0.226 e. The summed E-state index contributed by atoms with van der Waals surface area (Å²) < 4.78 is 12.6. The molecule has 0 saturated heterocycles. The van der Waals surface area contributed by atoms with Crippen LogP contribution in [0.15, 0.2) is 48.1 Å². The van der Waals surface area contributed by atoms with Crippen molar-refractivity contribution in [1.82, 2.24) is 14.8 Å². The predicted octanol–water partition coefficient (Wildman–Crippen LogP) is 3.41. The number of aromatic nitrogens is 3. The molecule has 7 heteroatoms. The molecule has 0 unspecified atom stereocenters. The van der Waals surface area contributed by atoms with Crippen molar-refractivity contribution < 1.29 is 9.47 Å². The predicted molar refractivity (Wildman–Crippen MR) is 93.6 cm³/mol. The normalized spacial score (nSPS) is 16.1. The number of fused-ring (bicyclic) bond motifs is 1. The van der Waals surface area contributed by atoms with Crippen LogP contribution in [0.25, 0.3) is 5.70 Å². The minimum absolute atomic E-state index is 0.0202. The Balaban J connectivity index is 1.78. The van der Waals surface area contributed by atoms with Gasteiger partial charge in [0.2, 0.25) is 5.95 Å². The second kappa shape index (κ2) is 6.01. The van der Waals surface area contributed by atoms with E-state index >= 15 is 0 Å². The van der Waals surface area contributed by atoms with E-state index in [1.165, 1.54) is 4.88 Å². The van der Waals surface area contributed by atoms with Crippen LogP contribution in [0.3, 0.4) is 0 Å². The van der Waals surface area contributed by atoms with Crippen LogP contribution < -0.4 is 14.8 Å². The van der Waals surface area contributed by atoms with E-state index in [9.17, 15) is 0 Å². The van der Waals surface area contributed by atoms with Gasteiger partial charge in [0.25, 0.3) is 0 Å². The molecule has 1 N–H and O–H groups in total. The van der Waals surface area contributed by atoms with E-state index in [4.69, 9.17) is 9.47 Å². The van der Waals surface area contributed by atoms with Gasteiger partial charge in [-0.05, 0) is 35.7 Å². The minimum atomic E-state index is 0.0202. The van der Waals surface area contributed by atoms with E-state index < -0.39 is 0 Å². The minimum Gasteiger partial charge on any atom is -0.493 e. The van der Waals surface area contributed by atoms with E-state index in [1.807, 2.05) is 28.9 Å². The molecule has 0 fully saturated rings. The Morgan fingerprint density at radius 2 is 2.04 bits per heavy atom. The molecule has 1 aliphatic rings. The Bertz CT molecular complexity index is 886. The van der Waals surface area contributed by atoms with Gasteiger partial charge in [-0.1, -0.05) is 6.07 Å².